The molecule has 3 rings (SSSR count). The number of benzene rings is 1. The number of Topliss-reactive ketones (excluding diaryl/α,β-unsaturated/α-hetero) is 1. The second-order valence-corrected chi connectivity index (χ2v) is 5.01. The molecule has 0 spiro atoms. The lowest BCUT2D eigenvalue weighted by Gasteiger charge is -2.12. The summed E-state index contributed by atoms with van der Waals surface area (Å²) in [5.74, 6) is 1.26. The third-order valence-electron chi connectivity index (χ3n) is 3.99. The molecule has 2 aliphatic rings. The number of rotatable bonds is 2. The molecule has 1 heteroatoms. The Labute approximate surface area is 102 Å². The molecule has 0 saturated heterocycles. The minimum Gasteiger partial charge on any atom is -0.289 e. The molecule has 86 valence electrons. The SMILES string of the molecule is CC1CCC2C(C(=O)c3ccccc3)=CC=C12. The van der Waals surface area contributed by atoms with Crippen LogP contribution in [-0.4, -0.2) is 5.78 Å². The highest BCUT2D eigenvalue weighted by Crippen LogP contribution is 2.44. The number of hydrogen-bond donors (Lipinski definition) is 0. The maximum atomic E-state index is 12.4. The van der Waals surface area contributed by atoms with E-state index in [0.29, 0.717) is 11.8 Å². The van der Waals surface area contributed by atoms with E-state index < -0.39 is 0 Å². The van der Waals surface area contributed by atoms with Gasteiger partial charge < -0.3 is 0 Å². The third-order valence-corrected chi connectivity index (χ3v) is 3.99. The zero-order valence-corrected chi connectivity index (χ0v) is 10.0. The molecule has 0 amide bonds. The van der Waals surface area contributed by atoms with Crippen LogP contribution in [0.1, 0.15) is 30.1 Å². The first-order chi connectivity index (χ1) is 8.27. The molecule has 0 radical (unpaired) electrons. The van der Waals surface area contributed by atoms with Crippen LogP contribution in [0.3, 0.4) is 0 Å². The van der Waals surface area contributed by atoms with E-state index in [4.69, 9.17) is 0 Å². The predicted molar refractivity (Wildman–Crippen MR) is 68.8 cm³/mol. The van der Waals surface area contributed by atoms with Crippen molar-refractivity contribution in [2.75, 3.05) is 0 Å². The number of carbonyl (C=O) groups is 1. The van der Waals surface area contributed by atoms with Gasteiger partial charge in [0.05, 0.1) is 0 Å². The van der Waals surface area contributed by atoms with Crippen LogP contribution >= 0.6 is 0 Å². The molecule has 1 aromatic carbocycles. The summed E-state index contributed by atoms with van der Waals surface area (Å²) in [5.41, 5.74) is 3.27. The Morgan fingerprint density at radius 1 is 1.12 bits per heavy atom. The first kappa shape index (κ1) is 10.5. The molecule has 1 nitrogen and oxygen atoms in total. The Kier molecular flexibility index (Phi) is 2.47. The number of allylic oxidation sites excluding steroid dienone is 4. The minimum atomic E-state index is 0.205. The normalized spacial score (nSPS) is 26.4. The van der Waals surface area contributed by atoms with Crippen molar-refractivity contribution in [1.29, 1.82) is 0 Å². The van der Waals surface area contributed by atoms with Gasteiger partial charge >= 0.3 is 0 Å². The standard InChI is InChI=1S/C16H16O/c1-11-7-8-14-13(11)9-10-15(14)16(17)12-5-3-2-4-6-12/h2-6,9-11,14H,7-8H2,1H3. The van der Waals surface area contributed by atoms with Gasteiger partial charge in [-0.25, -0.2) is 0 Å². The molecule has 0 bridgehead atoms. The van der Waals surface area contributed by atoms with Crippen molar-refractivity contribution in [2.45, 2.75) is 19.8 Å². The van der Waals surface area contributed by atoms with Crippen LogP contribution in [0.25, 0.3) is 0 Å². The fourth-order valence-corrected chi connectivity index (χ4v) is 3.00. The van der Waals surface area contributed by atoms with Crippen LogP contribution in [0, 0.1) is 11.8 Å². The van der Waals surface area contributed by atoms with Crippen LogP contribution in [0.5, 0.6) is 0 Å². The Morgan fingerprint density at radius 2 is 1.88 bits per heavy atom. The van der Waals surface area contributed by atoms with Crippen molar-refractivity contribution in [2.24, 2.45) is 11.8 Å². The number of fused-ring (bicyclic) bond motifs is 1. The van der Waals surface area contributed by atoms with Crippen molar-refractivity contribution in [3.8, 4) is 0 Å². The third kappa shape index (κ3) is 1.66. The molecule has 1 aromatic rings. The molecule has 0 aliphatic heterocycles. The topological polar surface area (TPSA) is 17.1 Å². The summed E-state index contributed by atoms with van der Waals surface area (Å²) >= 11 is 0. The highest BCUT2D eigenvalue weighted by atomic mass is 16.1. The van der Waals surface area contributed by atoms with Crippen LogP contribution < -0.4 is 0 Å². The lowest BCUT2D eigenvalue weighted by atomic mass is 9.91. The maximum Gasteiger partial charge on any atom is 0.189 e. The molecule has 1 fully saturated rings. The summed E-state index contributed by atoms with van der Waals surface area (Å²) in [6, 6.07) is 9.60. The Morgan fingerprint density at radius 3 is 2.65 bits per heavy atom. The van der Waals surface area contributed by atoms with Gasteiger partial charge in [0.15, 0.2) is 5.78 Å². The average Bonchev–Trinajstić information content (AvgIpc) is 2.93. The Hall–Kier alpha value is -1.63. The zero-order chi connectivity index (χ0) is 11.8. The molecule has 0 aromatic heterocycles. The van der Waals surface area contributed by atoms with Gasteiger partial charge in [-0.2, -0.15) is 0 Å². The van der Waals surface area contributed by atoms with E-state index in [1.807, 2.05) is 36.4 Å². The largest absolute Gasteiger partial charge is 0.289 e. The van der Waals surface area contributed by atoms with E-state index in [1.165, 1.54) is 12.0 Å². The van der Waals surface area contributed by atoms with Crippen LogP contribution in [0.4, 0.5) is 0 Å². The average molecular weight is 224 g/mol. The van der Waals surface area contributed by atoms with Crippen molar-refractivity contribution < 1.29 is 4.79 Å². The van der Waals surface area contributed by atoms with Crippen molar-refractivity contribution in [3.05, 3.63) is 59.2 Å². The summed E-state index contributed by atoms with van der Waals surface area (Å²) in [7, 11) is 0. The minimum absolute atomic E-state index is 0.205. The molecule has 0 heterocycles. The monoisotopic (exact) mass is 224 g/mol. The second kappa shape index (κ2) is 3.99. The molecule has 17 heavy (non-hydrogen) atoms. The van der Waals surface area contributed by atoms with E-state index in [0.717, 1.165) is 17.6 Å². The molecule has 1 saturated carbocycles. The quantitative estimate of drug-likeness (QED) is 0.699. The molecular formula is C16H16O. The zero-order valence-electron chi connectivity index (χ0n) is 10.0. The van der Waals surface area contributed by atoms with Gasteiger partial charge in [-0.3, -0.25) is 4.79 Å². The number of carbonyl (C=O) groups excluding carboxylic acids is 1. The van der Waals surface area contributed by atoms with Gasteiger partial charge in [0.2, 0.25) is 0 Å². The van der Waals surface area contributed by atoms with Gasteiger partial charge in [-0.15, -0.1) is 0 Å². The van der Waals surface area contributed by atoms with Gasteiger partial charge in [0, 0.05) is 17.1 Å². The van der Waals surface area contributed by atoms with Crippen LogP contribution in [-0.2, 0) is 0 Å². The van der Waals surface area contributed by atoms with E-state index in [1.54, 1.807) is 0 Å². The lowest BCUT2D eigenvalue weighted by molar-refractivity contribution is 0.102. The summed E-state index contributed by atoms with van der Waals surface area (Å²) < 4.78 is 0. The van der Waals surface area contributed by atoms with Crippen LogP contribution in [0.15, 0.2) is 53.6 Å². The van der Waals surface area contributed by atoms with Crippen molar-refractivity contribution in [1.82, 2.24) is 0 Å². The maximum absolute atomic E-state index is 12.4. The fraction of sp³-hybridized carbons (Fsp3) is 0.312. The summed E-state index contributed by atoms with van der Waals surface area (Å²) in [5, 5.41) is 0. The predicted octanol–water partition coefficient (Wildman–Crippen LogP) is 3.78. The highest BCUT2D eigenvalue weighted by Gasteiger charge is 2.35. The van der Waals surface area contributed by atoms with Gasteiger partial charge in [0.25, 0.3) is 0 Å². The van der Waals surface area contributed by atoms with Gasteiger partial charge in [-0.05, 0) is 18.8 Å². The fourth-order valence-electron chi connectivity index (χ4n) is 3.00. The molecule has 2 unspecified atom stereocenters. The first-order valence-corrected chi connectivity index (χ1v) is 6.29. The van der Waals surface area contributed by atoms with Crippen molar-refractivity contribution >= 4 is 5.78 Å². The number of ketones is 1. The highest BCUT2D eigenvalue weighted by molar-refractivity contribution is 6.10. The number of hydrogen-bond acceptors (Lipinski definition) is 1. The lowest BCUT2D eigenvalue weighted by Crippen LogP contribution is -2.10. The Balaban J connectivity index is 1.87. The summed E-state index contributed by atoms with van der Waals surface area (Å²) in [4.78, 5) is 12.4. The molecule has 2 atom stereocenters. The first-order valence-electron chi connectivity index (χ1n) is 6.29. The van der Waals surface area contributed by atoms with Gasteiger partial charge in [0.1, 0.15) is 0 Å². The molecule has 2 aliphatic carbocycles. The molecule has 0 N–H and O–H groups in total. The second-order valence-electron chi connectivity index (χ2n) is 5.01. The van der Waals surface area contributed by atoms with Gasteiger partial charge in [-0.1, -0.05) is 55.0 Å². The van der Waals surface area contributed by atoms with E-state index in [-0.39, 0.29) is 5.78 Å². The van der Waals surface area contributed by atoms with Crippen LogP contribution in [0.2, 0.25) is 0 Å². The van der Waals surface area contributed by atoms with E-state index in [2.05, 4.69) is 13.0 Å². The smallest absolute Gasteiger partial charge is 0.189 e. The summed E-state index contributed by atoms with van der Waals surface area (Å²) in [6.07, 6.45) is 6.55. The van der Waals surface area contributed by atoms with Crippen molar-refractivity contribution in [3.63, 3.8) is 0 Å². The Bertz CT molecular complexity index is 508. The molecular weight excluding hydrogens is 208 g/mol. The van der Waals surface area contributed by atoms with E-state index in [9.17, 15) is 4.79 Å². The summed E-state index contributed by atoms with van der Waals surface area (Å²) in [6.45, 7) is 2.26. The van der Waals surface area contributed by atoms with E-state index >= 15 is 0 Å².